The van der Waals surface area contributed by atoms with Crippen LogP contribution in [0.15, 0.2) is 48.5 Å². The molecular formula is C23H31N3O3. The number of nitrogens with zero attached hydrogens (tertiary/aromatic N) is 1. The van der Waals surface area contributed by atoms with Gasteiger partial charge in [-0.3, -0.25) is 9.59 Å². The van der Waals surface area contributed by atoms with Crippen molar-refractivity contribution in [2.24, 2.45) is 5.92 Å². The number of amides is 2. The summed E-state index contributed by atoms with van der Waals surface area (Å²) >= 11 is 0. The van der Waals surface area contributed by atoms with E-state index in [1.807, 2.05) is 48.5 Å². The molecule has 0 aliphatic rings. The van der Waals surface area contributed by atoms with Gasteiger partial charge in [0.2, 0.25) is 11.8 Å². The number of aryl methyl sites for hydroxylation is 1. The normalized spacial score (nSPS) is 10.5. The van der Waals surface area contributed by atoms with Crippen molar-refractivity contribution in [2.75, 3.05) is 37.9 Å². The highest BCUT2D eigenvalue weighted by Gasteiger charge is 2.07. The zero-order valence-corrected chi connectivity index (χ0v) is 17.7. The van der Waals surface area contributed by atoms with E-state index in [2.05, 4.69) is 24.5 Å². The monoisotopic (exact) mass is 397 g/mol. The van der Waals surface area contributed by atoms with Crippen LogP contribution in [-0.4, -0.2) is 44.0 Å². The van der Waals surface area contributed by atoms with E-state index in [1.165, 1.54) is 0 Å². The second kappa shape index (κ2) is 11.1. The second-order valence-corrected chi connectivity index (χ2v) is 7.62. The quantitative estimate of drug-likeness (QED) is 0.640. The molecule has 0 saturated carbocycles. The first-order valence-electron chi connectivity index (χ1n) is 9.89. The van der Waals surface area contributed by atoms with Crippen LogP contribution in [0.1, 0.15) is 25.8 Å². The predicted octanol–water partition coefficient (Wildman–Crippen LogP) is 3.79. The second-order valence-electron chi connectivity index (χ2n) is 7.62. The fourth-order valence-electron chi connectivity index (χ4n) is 2.60. The Morgan fingerprint density at radius 2 is 1.76 bits per heavy atom. The Kier molecular flexibility index (Phi) is 8.52. The average Bonchev–Trinajstić information content (AvgIpc) is 2.69. The highest BCUT2D eigenvalue weighted by atomic mass is 16.5. The van der Waals surface area contributed by atoms with Gasteiger partial charge in [0.25, 0.3) is 0 Å². The molecule has 0 aromatic heterocycles. The summed E-state index contributed by atoms with van der Waals surface area (Å²) in [5.74, 6) is 1.25. The molecule has 0 unspecified atom stereocenters. The molecule has 0 bridgehead atoms. The van der Waals surface area contributed by atoms with E-state index in [9.17, 15) is 9.59 Å². The smallest absolute Gasteiger partial charge is 0.243 e. The molecule has 0 radical (unpaired) electrons. The SMILES string of the molecule is CC(C)COc1ccc(NCC(=O)Nc2cccc(CCC(=O)N(C)C)c2)cc1. The number of ether oxygens (including phenoxy) is 1. The van der Waals surface area contributed by atoms with Crippen LogP contribution in [0.5, 0.6) is 5.75 Å². The summed E-state index contributed by atoms with van der Waals surface area (Å²) in [6.45, 7) is 5.05. The number of carbonyl (C=O) groups excluding carboxylic acids is 2. The molecule has 0 aliphatic heterocycles. The van der Waals surface area contributed by atoms with Gasteiger partial charge in [-0.05, 0) is 54.3 Å². The Morgan fingerprint density at radius 1 is 1.03 bits per heavy atom. The van der Waals surface area contributed by atoms with E-state index >= 15 is 0 Å². The molecule has 29 heavy (non-hydrogen) atoms. The number of carbonyl (C=O) groups is 2. The summed E-state index contributed by atoms with van der Waals surface area (Å²) in [5.41, 5.74) is 2.60. The van der Waals surface area contributed by atoms with Crippen molar-refractivity contribution in [1.82, 2.24) is 4.90 Å². The van der Waals surface area contributed by atoms with Crippen molar-refractivity contribution in [3.63, 3.8) is 0 Å². The minimum absolute atomic E-state index is 0.0873. The fraction of sp³-hybridized carbons (Fsp3) is 0.391. The van der Waals surface area contributed by atoms with Crippen LogP contribution in [0.4, 0.5) is 11.4 Å². The van der Waals surface area contributed by atoms with Gasteiger partial charge in [-0.15, -0.1) is 0 Å². The first-order chi connectivity index (χ1) is 13.8. The Labute approximate surface area is 173 Å². The molecule has 2 amide bonds. The van der Waals surface area contributed by atoms with Crippen LogP contribution in [0.25, 0.3) is 0 Å². The summed E-state index contributed by atoms with van der Waals surface area (Å²) in [6.07, 6.45) is 1.09. The minimum Gasteiger partial charge on any atom is -0.493 e. The summed E-state index contributed by atoms with van der Waals surface area (Å²) in [4.78, 5) is 25.5. The Balaban J connectivity index is 1.80. The van der Waals surface area contributed by atoms with Crippen molar-refractivity contribution in [1.29, 1.82) is 0 Å². The van der Waals surface area contributed by atoms with E-state index in [-0.39, 0.29) is 18.4 Å². The third-order valence-corrected chi connectivity index (χ3v) is 4.23. The van der Waals surface area contributed by atoms with E-state index in [0.717, 1.165) is 22.7 Å². The molecule has 0 saturated heterocycles. The molecule has 6 nitrogen and oxygen atoms in total. The van der Waals surface area contributed by atoms with Crippen molar-refractivity contribution in [2.45, 2.75) is 26.7 Å². The molecule has 0 heterocycles. The number of anilines is 2. The molecule has 2 aromatic carbocycles. The maximum Gasteiger partial charge on any atom is 0.243 e. The van der Waals surface area contributed by atoms with E-state index in [4.69, 9.17) is 4.74 Å². The van der Waals surface area contributed by atoms with Gasteiger partial charge in [0.1, 0.15) is 5.75 Å². The first kappa shape index (κ1) is 22.3. The van der Waals surface area contributed by atoms with Crippen LogP contribution in [0.2, 0.25) is 0 Å². The first-order valence-corrected chi connectivity index (χ1v) is 9.89. The van der Waals surface area contributed by atoms with E-state index in [1.54, 1.807) is 19.0 Å². The summed E-state index contributed by atoms with van der Waals surface area (Å²) in [5, 5.41) is 5.99. The summed E-state index contributed by atoms with van der Waals surface area (Å²) in [7, 11) is 3.50. The number of hydrogen-bond donors (Lipinski definition) is 2. The molecule has 0 aliphatic carbocycles. The van der Waals surface area contributed by atoms with Gasteiger partial charge < -0.3 is 20.3 Å². The third-order valence-electron chi connectivity index (χ3n) is 4.23. The number of hydrogen-bond acceptors (Lipinski definition) is 4. The average molecular weight is 398 g/mol. The van der Waals surface area contributed by atoms with Crippen LogP contribution < -0.4 is 15.4 Å². The standard InChI is InChI=1S/C23H31N3O3/c1-17(2)16-29-21-11-9-19(10-12-21)24-15-22(27)25-20-7-5-6-18(14-20)8-13-23(28)26(3)4/h5-7,9-12,14,17,24H,8,13,15-16H2,1-4H3,(H,25,27). The van der Waals surface area contributed by atoms with Crippen molar-refractivity contribution in [3.05, 3.63) is 54.1 Å². The topological polar surface area (TPSA) is 70.7 Å². The zero-order chi connectivity index (χ0) is 21.2. The van der Waals surface area contributed by atoms with E-state index < -0.39 is 0 Å². The van der Waals surface area contributed by atoms with Crippen LogP contribution >= 0.6 is 0 Å². The molecule has 6 heteroatoms. The van der Waals surface area contributed by atoms with Crippen molar-refractivity contribution < 1.29 is 14.3 Å². The maximum absolute atomic E-state index is 12.2. The van der Waals surface area contributed by atoms with E-state index in [0.29, 0.717) is 25.4 Å². The van der Waals surface area contributed by atoms with Gasteiger partial charge in [0.05, 0.1) is 13.2 Å². The van der Waals surface area contributed by atoms with Gasteiger partial charge in [-0.25, -0.2) is 0 Å². The molecule has 0 fully saturated rings. The molecule has 0 spiro atoms. The summed E-state index contributed by atoms with van der Waals surface area (Å²) < 4.78 is 5.66. The Bertz CT molecular complexity index is 801. The van der Waals surface area contributed by atoms with Gasteiger partial charge in [0, 0.05) is 31.9 Å². The summed E-state index contributed by atoms with van der Waals surface area (Å²) in [6, 6.07) is 15.2. The van der Waals surface area contributed by atoms with Crippen LogP contribution in [-0.2, 0) is 16.0 Å². The third kappa shape index (κ3) is 8.25. The van der Waals surface area contributed by atoms with Gasteiger partial charge in [-0.1, -0.05) is 26.0 Å². The van der Waals surface area contributed by atoms with Gasteiger partial charge in [0.15, 0.2) is 0 Å². The lowest BCUT2D eigenvalue weighted by molar-refractivity contribution is -0.128. The Morgan fingerprint density at radius 3 is 2.41 bits per heavy atom. The molecular weight excluding hydrogens is 366 g/mol. The van der Waals surface area contributed by atoms with Crippen LogP contribution in [0.3, 0.4) is 0 Å². The maximum atomic E-state index is 12.2. The predicted molar refractivity (Wildman–Crippen MR) is 117 cm³/mol. The lowest BCUT2D eigenvalue weighted by Gasteiger charge is -2.12. The largest absolute Gasteiger partial charge is 0.493 e. The Hall–Kier alpha value is -3.02. The molecule has 2 rings (SSSR count). The molecule has 156 valence electrons. The zero-order valence-electron chi connectivity index (χ0n) is 17.7. The molecule has 2 N–H and O–H groups in total. The molecule has 0 atom stereocenters. The number of benzene rings is 2. The molecule has 2 aromatic rings. The minimum atomic E-state index is -0.133. The number of rotatable bonds is 10. The van der Waals surface area contributed by atoms with Crippen LogP contribution in [0, 0.1) is 5.92 Å². The highest BCUT2D eigenvalue weighted by Crippen LogP contribution is 2.17. The van der Waals surface area contributed by atoms with Gasteiger partial charge >= 0.3 is 0 Å². The fourth-order valence-corrected chi connectivity index (χ4v) is 2.60. The van der Waals surface area contributed by atoms with Crippen molar-refractivity contribution in [3.8, 4) is 5.75 Å². The highest BCUT2D eigenvalue weighted by molar-refractivity contribution is 5.93. The lowest BCUT2D eigenvalue weighted by atomic mass is 10.1. The van der Waals surface area contributed by atoms with Crippen molar-refractivity contribution >= 4 is 23.2 Å². The van der Waals surface area contributed by atoms with Gasteiger partial charge in [-0.2, -0.15) is 0 Å². The number of nitrogens with one attached hydrogen (secondary N) is 2. The lowest BCUT2D eigenvalue weighted by Crippen LogP contribution is -2.22.